The van der Waals surface area contributed by atoms with Gasteiger partial charge in [-0.15, -0.1) is 23.4 Å². The minimum absolute atomic E-state index is 0.0301. The number of alkyl halides is 1. The number of thioether (sulfide) groups is 1. The lowest BCUT2D eigenvalue weighted by Gasteiger charge is -2.30. The van der Waals surface area contributed by atoms with Crippen molar-refractivity contribution in [1.82, 2.24) is 0 Å². The topological polar surface area (TPSA) is 66.8 Å². The molecule has 0 unspecified atom stereocenters. The first kappa shape index (κ1) is 15.5. The Morgan fingerprint density at radius 3 is 3.00 bits per heavy atom. The molecule has 0 aliphatic carbocycles. The van der Waals surface area contributed by atoms with Gasteiger partial charge in [0.25, 0.3) is 0 Å². The maximum Gasteiger partial charge on any atom is 0.322 e. The zero-order valence-electron chi connectivity index (χ0n) is 11.1. The molecule has 110 valence electrons. The molecule has 0 bridgehead atoms. The lowest BCUT2D eigenvalue weighted by Crippen LogP contribution is -2.48. The second-order valence-corrected chi connectivity index (χ2v) is 6.62. The van der Waals surface area contributed by atoms with Crippen LogP contribution in [-0.2, 0) is 4.79 Å². The first-order valence-electron chi connectivity index (χ1n) is 6.39. The van der Waals surface area contributed by atoms with Crippen molar-refractivity contribution in [3.63, 3.8) is 0 Å². The van der Waals surface area contributed by atoms with Crippen LogP contribution in [0.1, 0.15) is 18.4 Å². The number of halogens is 1. The molecule has 2 rings (SSSR count). The van der Waals surface area contributed by atoms with Gasteiger partial charge in [0.1, 0.15) is 23.2 Å². The van der Waals surface area contributed by atoms with Crippen LogP contribution < -0.4 is 4.74 Å². The average Bonchev–Trinajstić information content (AvgIpc) is 2.54. The van der Waals surface area contributed by atoms with Gasteiger partial charge in [0, 0.05) is 5.88 Å². The van der Waals surface area contributed by atoms with Crippen molar-refractivity contribution in [3.8, 4) is 5.75 Å². The highest BCUT2D eigenvalue weighted by atomic mass is 35.5. The fraction of sp³-hybridized carbons (Fsp3) is 0.500. The summed E-state index contributed by atoms with van der Waals surface area (Å²) in [5.41, 5.74) is 1.02. The lowest BCUT2D eigenvalue weighted by molar-refractivity contribution is -0.144. The number of carboxylic acids is 1. The summed E-state index contributed by atoms with van der Waals surface area (Å²) in [4.78, 5) is 12.5. The molecule has 2 atom stereocenters. The molecule has 1 heterocycles. The number of rotatable bonds is 4. The normalized spacial score (nSPS) is 25.4. The number of carbonyl (C=O) groups is 1. The predicted octanol–water partition coefficient (Wildman–Crippen LogP) is 2.68. The second kappa shape index (κ2) is 6.24. The standard InChI is InChI=1S/C14H17ClO4S/c1-9-3-4-10-11(7-9)20-14(13(17)18,5-2-6-15)12(16)8-19-10/h3-4,7,12,16H,2,5-6,8H2,1H3,(H,17,18)/t12-,14-/m0/s1. The Morgan fingerprint density at radius 2 is 2.35 bits per heavy atom. The number of carboxylic acid groups (broad SMARTS) is 1. The van der Waals surface area contributed by atoms with Crippen molar-refractivity contribution in [2.75, 3.05) is 12.5 Å². The van der Waals surface area contributed by atoms with Gasteiger partial charge in [0.05, 0.1) is 4.90 Å². The molecule has 0 radical (unpaired) electrons. The Labute approximate surface area is 127 Å². The molecule has 4 nitrogen and oxygen atoms in total. The van der Waals surface area contributed by atoms with Gasteiger partial charge < -0.3 is 14.9 Å². The van der Waals surface area contributed by atoms with Crippen LogP contribution in [0.4, 0.5) is 0 Å². The maximum atomic E-state index is 11.8. The molecule has 0 saturated carbocycles. The van der Waals surface area contributed by atoms with Crippen molar-refractivity contribution in [3.05, 3.63) is 23.8 Å². The third kappa shape index (κ3) is 2.90. The predicted molar refractivity (Wildman–Crippen MR) is 78.9 cm³/mol. The summed E-state index contributed by atoms with van der Waals surface area (Å²) in [7, 11) is 0. The molecule has 0 aromatic heterocycles. The first-order valence-corrected chi connectivity index (χ1v) is 7.74. The van der Waals surface area contributed by atoms with Crippen molar-refractivity contribution < 1.29 is 19.7 Å². The summed E-state index contributed by atoms with van der Waals surface area (Å²) in [6, 6.07) is 5.60. The molecule has 0 spiro atoms. The fourth-order valence-corrected chi connectivity index (χ4v) is 3.76. The summed E-state index contributed by atoms with van der Waals surface area (Å²) >= 11 is 6.85. The Balaban J connectivity index is 2.42. The summed E-state index contributed by atoms with van der Waals surface area (Å²) in [6.07, 6.45) is -0.256. The van der Waals surface area contributed by atoms with Crippen LogP contribution in [0, 0.1) is 6.92 Å². The van der Waals surface area contributed by atoms with Gasteiger partial charge in [0.15, 0.2) is 0 Å². The number of aliphatic hydroxyl groups excluding tert-OH is 1. The fourth-order valence-electron chi connectivity index (χ4n) is 2.22. The van der Waals surface area contributed by atoms with Gasteiger partial charge in [0.2, 0.25) is 0 Å². The summed E-state index contributed by atoms with van der Waals surface area (Å²) in [5, 5.41) is 19.9. The van der Waals surface area contributed by atoms with E-state index in [1.54, 1.807) is 0 Å². The van der Waals surface area contributed by atoms with Crippen LogP contribution in [0.2, 0.25) is 0 Å². The van der Waals surface area contributed by atoms with Gasteiger partial charge in [-0.05, 0) is 37.5 Å². The van der Waals surface area contributed by atoms with Crippen LogP contribution in [-0.4, -0.2) is 39.5 Å². The molecule has 6 heteroatoms. The smallest absolute Gasteiger partial charge is 0.322 e. The van der Waals surface area contributed by atoms with Crippen LogP contribution >= 0.6 is 23.4 Å². The van der Waals surface area contributed by atoms with E-state index in [-0.39, 0.29) is 6.61 Å². The zero-order chi connectivity index (χ0) is 14.8. The van der Waals surface area contributed by atoms with E-state index in [0.717, 1.165) is 22.2 Å². The lowest BCUT2D eigenvalue weighted by atomic mass is 9.96. The number of ether oxygens (including phenoxy) is 1. The van der Waals surface area contributed by atoms with Crippen molar-refractivity contribution in [1.29, 1.82) is 0 Å². The van der Waals surface area contributed by atoms with E-state index in [1.165, 1.54) is 0 Å². The van der Waals surface area contributed by atoms with Crippen molar-refractivity contribution in [2.45, 2.75) is 35.5 Å². The van der Waals surface area contributed by atoms with Gasteiger partial charge in [-0.1, -0.05) is 6.07 Å². The van der Waals surface area contributed by atoms with Gasteiger partial charge in [-0.2, -0.15) is 0 Å². The number of aliphatic carboxylic acids is 1. The van der Waals surface area contributed by atoms with E-state index < -0.39 is 16.8 Å². The molecule has 2 N–H and O–H groups in total. The number of aliphatic hydroxyl groups is 1. The zero-order valence-corrected chi connectivity index (χ0v) is 12.7. The molecule has 0 amide bonds. The van der Waals surface area contributed by atoms with E-state index >= 15 is 0 Å². The quantitative estimate of drug-likeness (QED) is 0.836. The monoisotopic (exact) mass is 316 g/mol. The molecule has 1 aromatic carbocycles. The third-order valence-electron chi connectivity index (χ3n) is 3.37. The molecule has 0 saturated heterocycles. The third-order valence-corrected chi connectivity index (χ3v) is 5.19. The number of hydrogen-bond acceptors (Lipinski definition) is 4. The summed E-state index contributed by atoms with van der Waals surface area (Å²) in [5.74, 6) is -0.0455. The van der Waals surface area contributed by atoms with Gasteiger partial charge in [-0.25, -0.2) is 0 Å². The van der Waals surface area contributed by atoms with Crippen LogP contribution in [0.15, 0.2) is 23.1 Å². The first-order chi connectivity index (χ1) is 9.49. The van der Waals surface area contributed by atoms with Crippen molar-refractivity contribution in [2.24, 2.45) is 0 Å². The SMILES string of the molecule is Cc1ccc2c(c1)S[C@](CCCCl)(C(=O)O)[C@@H](O)CO2. The van der Waals surface area contributed by atoms with E-state index in [2.05, 4.69) is 0 Å². The van der Waals surface area contributed by atoms with Crippen LogP contribution in [0.25, 0.3) is 0 Å². The van der Waals surface area contributed by atoms with E-state index in [9.17, 15) is 15.0 Å². The van der Waals surface area contributed by atoms with Gasteiger partial charge in [-0.3, -0.25) is 4.79 Å². The molecular weight excluding hydrogens is 300 g/mol. The number of fused-ring (bicyclic) bond motifs is 1. The number of benzene rings is 1. The Hall–Kier alpha value is -0.910. The van der Waals surface area contributed by atoms with E-state index in [0.29, 0.717) is 24.5 Å². The Bertz CT molecular complexity index is 508. The van der Waals surface area contributed by atoms with Crippen LogP contribution in [0.5, 0.6) is 5.75 Å². The Kier molecular flexibility index (Phi) is 4.83. The second-order valence-electron chi connectivity index (χ2n) is 4.87. The van der Waals surface area contributed by atoms with Crippen LogP contribution in [0.3, 0.4) is 0 Å². The van der Waals surface area contributed by atoms with E-state index in [4.69, 9.17) is 16.3 Å². The molecule has 1 aliphatic rings. The minimum atomic E-state index is -1.31. The highest BCUT2D eigenvalue weighted by molar-refractivity contribution is 8.01. The molecule has 20 heavy (non-hydrogen) atoms. The highest BCUT2D eigenvalue weighted by Gasteiger charge is 2.48. The van der Waals surface area contributed by atoms with E-state index in [1.807, 2.05) is 25.1 Å². The van der Waals surface area contributed by atoms with Crippen molar-refractivity contribution >= 4 is 29.3 Å². The molecule has 1 aromatic rings. The Morgan fingerprint density at radius 1 is 1.60 bits per heavy atom. The molecule has 1 aliphatic heterocycles. The highest BCUT2D eigenvalue weighted by Crippen LogP contribution is 2.46. The molecular formula is C14H17ClO4S. The minimum Gasteiger partial charge on any atom is -0.490 e. The molecule has 0 fully saturated rings. The number of hydrogen-bond donors (Lipinski definition) is 2. The summed E-state index contributed by atoms with van der Waals surface area (Å²) in [6.45, 7) is 1.90. The largest absolute Gasteiger partial charge is 0.490 e. The number of aryl methyl sites for hydroxylation is 1. The summed E-state index contributed by atoms with van der Waals surface area (Å²) < 4.78 is 4.22. The maximum absolute atomic E-state index is 11.8. The van der Waals surface area contributed by atoms with Gasteiger partial charge >= 0.3 is 5.97 Å². The average molecular weight is 317 g/mol.